The van der Waals surface area contributed by atoms with Crippen molar-refractivity contribution in [1.82, 2.24) is 19.4 Å². The van der Waals surface area contributed by atoms with Gasteiger partial charge < -0.3 is 10.2 Å². The first-order valence-electron chi connectivity index (χ1n) is 12.1. The lowest BCUT2D eigenvalue weighted by Crippen LogP contribution is -2.48. The minimum absolute atomic E-state index is 0.0354. The van der Waals surface area contributed by atoms with Gasteiger partial charge in [0.2, 0.25) is 15.9 Å². The number of piperazine rings is 1. The Bertz CT molecular complexity index is 835. The number of carbonyl (C=O) groups excluding carboxylic acids is 1. The molecule has 0 spiro atoms. The number of benzene rings is 1. The molecule has 1 amide bonds. The molecule has 2 saturated heterocycles. The first-order chi connectivity index (χ1) is 15.3. The fourth-order valence-corrected chi connectivity index (χ4v) is 5.98. The van der Waals surface area contributed by atoms with Crippen LogP contribution in [0, 0.1) is 0 Å². The average Bonchev–Trinajstić information content (AvgIpc) is 2.80. The lowest BCUT2D eigenvalue weighted by atomic mass is 10.0. The van der Waals surface area contributed by atoms with Crippen molar-refractivity contribution in [3.05, 3.63) is 29.8 Å². The molecule has 7 nitrogen and oxygen atoms in total. The number of rotatable bonds is 9. The second kappa shape index (κ2) is 11.6. The zero-order valence-electron chi connectivity index (χ0n) is 19.9. The molecule has 0 aliphatic carbocycles. The summed E-state index contributed by atoms with van der Waals surface area (Å²) in [5, 5.41) is 3.25. The number of hydrogen-bond acceptors (Lipinski definition) is 5. The number of carbonyl (C=O) groups is 1. The number of hydrogen-bond donors (Lipinski definition) is 1. The second-order valence-electron chi connectivity index (χ2n) is 9.39. The van der Waals surface area contributed by atoms with E-state index in [0.29, 0.717) is 43.0 Å². The van der Waals surface area contributed by atoms with Gasteiger partial charge in [0.25, 0.3) is 0 Å². The van der Waals surface area contributed by atoms with Gasteiger partial charge in [0, 0.05) is 58.3 Å². The summed E-state index contributed by atoms with van der Waals surface area (Å²) >= 11 is 0. The molecular weight excluding hydrogens is 424 g/mol. The molecule has 0 aromatic heterocycles. The fraction of sp³-hybridized carbons (Fsp3) is 0.708. The van der Waals surface area contributed by atoms with Crippen molar-refractivity contribution in [1.29, 1.82) is 0 Å². The maximum Gasteiger partial charge on any atom is 0.243 e. The molecule has 3 rings (SSSR count). The first-order valence-corrected chi connectivity index (χ1v) is 13.6. The summed E-state index contributed by atoms with van der Waals surface area (Å²) in [5.41, 5.74) is 1.12. The van der Waals surface area contributed by atoms with Crippen molar-refractivity contribution in [3.8, 4) is 0 Å². The summed E-state index contributed by atoms with van der Waals surface area (Å²) in [6.07, 6.45) is 3.78. The van der Waals surface area contributed by atoms with Crippen molar-refractivity contribution >= 4 is 15.9 Å². The van der Waals surface area contributed by atoms with Gasteiger partial charge in [0.15, 0.2) is 0 Å². The molecule has 1 aromatic carbocycles. The summed E-state index contributed by atoms with van der Waals surface area (Å²) < 4.78 is 28.6. The SMILES string of the molecule is CC(C)c1ccc(S(=O)(=O)N(CCC(=O)N2CCNCC2)CCN2CCCC[C@H]2C)cc1. The minimum atomic E-state index is -3.66. The molecule has 0 saturated carbocycles. The van der Waals surface area contributed by atoms with Crippen molar-refractivity contribution in [2.45, 2.75) is 63.3 Å². The smallest absolute Gasteiger partial charge is 0.243 e. The first kappa shape index (κ1) is 25.1. The van der Waals surface area contributed by atoms with Crippen molar-refractivity contribution in [2.75, 3.05) is 52.4 Å². The summed E-state index contributed by atoms with van der Waals surface area (Å²) in [5.74, 6) is 0.383. The molecule has 180 valence electrons. The highest BCUT2D eigenvalue weighted by Gasteiger charge is 2.28. The van der Waals surface area contributed by atoms with E-state index in [-0.39, 0.29) is 18.9 Å². The predicted molar refractivity (Wildman–Crippen MR) is 128 cm³/mol. The molecule has 1 N–H and O–H groups in total. The van der Waals surface area contributed by atoms with Crippen LogP contribution in [-0.4, -0.2) is 86.8 Å². The van der Waals surface area contributed by atoms with E-state index in [9.17, 15) is 13.2 Å². The highest BCUT2D eigenvalue weighted by Crippen LogP contribution is 2.22. The van der Waals surface area contributed by atoms with E-state index < -0.39 is 10.0 Å². The van der Waals surface area contributed by atoms with Crippen molar-refractivity contribution in [2.24, 2.45) is 0 Å². The summed E-state index contributed by atoms with van der Waals surface area (Å²) in [4.78, 5) is 17.2. The van der Waals surface area contributed by atoms with Gasteiger partial charge in [0.1, 0.15) is 0 Å². The molecule has 32 heavy (non-hydrogen) atoms. The topological polar surface area (TPSA) is 73.0 Å². The molecule has 0 radical (unpaired) electrons. The Labute approximate surface area is 194 Å². The Hall–Kier alpha value is -1.48. The quantitative estimate of drug-likeness (QED) is 0.608. The minimum Gasteiger partial charge on any atom is -0.340 e. The number of likely N-dealkylation sites (tertiary alicyclic amines) is 1. The lowest BCUT2D eigenvalue weighted by Gasteiger charge is -2.35. The van der Waals surface area contributed by atoms with Gasteiger partial charge in [-0.2, -0.15) is 4.31 Å². The normalized spacial score (nSPS) is 20.8. The number of amides is 1. The van der Waals surface area contributed by atoms with Crippen LogP contribution in [0.3, 0.4) is 0 Å². The van der Waals surface area contributed by atoms with Crippen LogP contribution in [0.5, 0.6) is 0 Å². The average molecular weight is 465 g/mol. The Balaban J connectivity index is 1.72. The second-order valence-corrected chi connectivity index (χ2v) is 11.3. The molecular formula is C24H40N4O3S. The van der Waals surface area contributed by atoms with E-state index in [2.05, 4.69) is 31.0 Å². The Morgan fingerprint density at radius 3 is 2.41 bits per heavy atom. The fourth-order valence-electron chi connectivity index (χ4n) is 4.55. The van der Waals surface area contributed by atoms with Gasteiger partial charge in [0.05, 0.1) is 4.90 Å². The van der Waals surface area contributed by atoms with Crippen LogP contribution in [0.15, 0.2) is 29.2 Å². The van der Waals surface area contributed by atoms with Crippen LogP contribution >= 0.6 is 0 Å². The van der Waals surface area contributed by atoms with Crippen LogP contribution in [0.2, 0.25) is 0 Å². The van der Waals surface area contributed by atoms with Crippen LogP contribution < -0.4 is 5.32 Å². The molecule has 0 unspecified atom stereocenters. The molecule has 2 aliphatic rings. The van der Waals surface area contributed by atoms with Crippen LogP contribution in [0.25, 0.3) is 0 Å². The highest BCUT2D eigenvalue weighted by molar-refractivity contribution is 7.89. The van der Waals surface area contributed by atoms with Gasteiger partial charge >= 0.3 is 0 Å². The molecule has 1 aromatic rings. The van der Waals surface area contributed by atoms with E-state index in [4.69, 9.17) is 0 Å². The third-order valence-electron chi connectivity index (χ3n) is 6.81. The molecule has 2 heterocycles. The van der Waals surface area contributed by atoms with E-state index in [1.807, 2.05) is 17.0 Å². The van der Waals surface area contributed by atoms with E-state index in [1.54, 1.807) is 12.1 Å². The maximum atomic E-state index is 13.5. The van der Waals surface area contributed by atoms with Gasteiger partial charge in [-0.3, -0.25) is 9.69 Å². The van der Waals surface area contributed by atoms with Crippen LogP contribution in [0.1, 0.15) is 57.9 Å². The summed E-state index contributed by atoms with van der Waals surface area (Å²) in [6.45, 7) is 11.7. The molecule has 0 bridgehead atoms. The molecule has 2 fully saturated rings. The molecule has 8 heteroatoms. The highest BCUT2D eigenvalue weighted by atomic mass is 32.2. The summed E-state index contributed by atoms with van der Waals surface area (Å²) in [6, 6.07) is 7.68. The van der Waals surface area contributed by atoms with Crippen molar-refractivity contribution < 1.29 is 13.2 Å². The van der Waals surface area contributed by atoms with E-state index in [1.165, 1.54) is 10.7 Å². The van der Waals surface area contributed by atoms with Gasteiger partial charge in [-0.05, 0) is 49.9 Å². The monoisotopic (exact) mass is 464 g/mol. The van der Waals surface area contributed by atoms with E-state index >= 15 is 0 Å². The molecule has 2 aliphatic heterocycles. The number of nitrogens with zero attached hydrogens (tertiary/aromatic N) is 3. The summed E-state index contributed by atoms with van der Waals surface area (Å²) in [7, 11) is -3.66. The zero-order valence-corrected chi connectivity index (χ0v) is 20.7. The largest absolute Gasteiger partial charge is 0.340 e. The predicted octanol–water partition coefficient (Wildman–Crippen LogP) is 2.50. The zero-order chi connectivity index (χ0) is 23.1. The van der Waals surface area contributed by atoms with Crippen LogP contribution in [-0.2, 0) is 14.8 Å². The Kier molecular flexibility index (Phi) is 9.11. The Morgan fingerprint density at radius 2 is 1.78 bits per heavy atom. The maximum absolute atomic E-state index is 13.5. The van der Waals surface area contributed by atoms with Gasteiger partial charge in [-0.25, -0.2) is 8.42 Å². The van der Waals surface area contributed by atoms with Gasteiger partial charge in [-0.15, -0.1) is 0 Å². The van der Waals surface area contributed by atoms with Gasteiger partial charge in [-0.1, -0.05) is 32.4 Å². The van der Waals surface area contributed by atoms with Crippen LogP contribution in [0.4, 0.5) is 0 Å². The Morgan fingerprint density at radius 1 is 1.09 bits per heavy atom. The number of piperidine rings is 1. The number of nitrogens with one attached hydrogen (secondary N) is 1. The number of sulfonamides is 1. The standard InChI is InChI=1S/C24H40N4O3S/c1-20(2)22-7-9-23(10-8-22)32(30,31)28(19-18-26-14-5-4-6-21(26)3)15-11-24(29)27-16-12-25-13-17-27/h7-10,20-21,25H,4-6,11-19H2,1-3H3/t21-/m1/s1. The van der Waals surface area contributed by atoms with Crippen molar-refractivity contribution in [3.63, 3.8) is 0 Å². The van der Waals surface area contributed by atoms with E-state index in [0.717, 1.165) is 38.0 Å². The third kappa shape index (κ3) is 6.53. The lowest BCUT2D eigenvalue weighted by molar-refractivity contribution is -0.131. The molecule has 1 atom stereocenters. The third-order valence-corrected chi connectivity index (χ3v) is 8.72.